The van der Waals surface area contributed by atoms with Gasteiger partial charge in [0.15, 0.2) is 0 Å². The van der Waals surface area contributed by atoms with E-state index in [1.54, 1.807) is 0 Å². The van der Waals surface area contributed by atoms with Crippen molar-refractivity contribution in [3.63, 3.8) is 0 Å². The van der Waals surface area contributed by atoms with E-state index in [1.807, 2.05) is 0 Å². The van der Waals surface area contributed by atoms with E-state index in [4.69, 9.17) is 5.73 Å². The Labute approximate surface area is 105 Å². The first-order chi connectivity index (χ1) is 7.89. The summed E-state index contributed by atoms with van der Waals surface area (Å²) in [4.78, 5) is 14.6. The Morgan fingerprint density at radius 1 is 1.41 bits per heavy atom. The lowest BCUT2D eigenvalue weighted by molar-refractivity contribution is -0.145. The zero-order chi connectivity index (χ0) is 12.7. The van der Waals surface area contributed by atoms with Gasteiger partial charge in [0.2, 0.25) is 5.91 Å². The van der Waals surface area contributed by atoms with Crippen LogP contribution in [0, 0.1) is 16.7 Å². The van der Waals surface area contributed by atoms with Gasteiger partial charge >= 0.3 is 0 Å². The summed E-state index contributed by atoms with van der Waals surface area (Å²) in [5.41, 5.74) is 5.93. The molecule has 1 amide bonds. The van der Waals surface area contributed by atoms with Crippen molar-refractivity contribution < 1.29 is 4.79 Å². The molecule has 0 aromatic heterocycles. The molecule has 98 valence electrons. The van der Waals surface area contributed by atoms with Crippen LogP contribution in [0.25, 0.3) is 0 Å². The van der Waals surface area contributed by atoms with Crippen LogP contribution in [0.1, 0.15) is 46.5 Å². The first-order valence-corrected chi connectivity index (χ1v) is 6.88. The molecule has 17 heavy (non-hydrogen) atoms. The van der Waals surface area contributed by atoms with Crippen molar-refractivity contribution in [3.8, 4) is 0 Å². The van der Waals surface area contributed by atoms with Gasteiger partial charge in [-0.15, -0.1) is 0 Å². The van der Waals surface area contributed by atoms with Crippen LogP contribution >= 0.6 is 0 Å². The molecule has 0 radical (unpaired) electrons. The zero-order valence-electron chi connectivity index (χ0n) is 11.5. The molecule has 1 unspecified atom stereocenters. The van der Waals surface area contributed by atoms with E-state index in [1.165, 1.54) is 6.42 Å². The molecule has 1 saturated carbocycles. The summed E-state index contributed by atoms with van der Waals surface area (Å²) in [6.07, 6.45) is 4.31. The number of amides is 1. The van der Waals surface area contributed by atoms with E-state index in [2.05, 4.69) is 25.7 Å². The van der Waals surface area contributed by atoms with Gasteiger partial charge in [-0.3, -0.25) is 4.79 Å². The topological polar surface area (TPSA) is 46.3 Å². The van der Waals surface area contributed by atoms with Crippen LogP contribution in [0.5, 0.6) is 0 Å². The minimum atomic E-state index is -0.188. The molecule has 0 aromatic carbocycles. The van der Waals surface area contributed by atoms with Gasteiger partial charge in [-0.1, -0.05) is 27.2 Å². The van der Waals surface area contributed by atoms with Gasteiger partial charge in [0.05, 0.1) is 5.41 Å². The van der Waals surface area contributed by atoms with Gasteiger partial charge in [-0.05, 0) is 30.6 Å². The third kappa shape index (κ3) is 2.22. The summed E-state index contributed by atoms with van der Waals surface area (Å²) >= 11 is 0. The fourth-order valence-corrected chi connectivity index (χ4v) is 3.10. The lowest BCUT2D eigenvalue weighted by Gasteiger charge is -2.42. The summed E-state index contributed by atoms with van der Waals surface area (Å²) in [5, 5.41) is 0. The summed E-state index contributed by atoms with van der Waals surface area (Å²) < 4.78 is 0. The number of rotatable bonds is 2. The Balaban J connectivity index is 1.99. The highest BCUT2D eigenvalue weighted by Gasteiger charge is 2.47. The van der Waals surface area contributed by atoms with E-state index >= 15 is 0 Å². The van der Waals surface area contributed by atoms with Crippen LogP contribution in [0.4, 0.5) is 0 Å². The number of carbonyl (C=O) groups is 1. The molecule has 2 N–H and O–H groups in total. The van der Waals surface area contributed by atoms with Crippen LogP contribution in [0.2, 0.25) is 0 Å². The van der Waals surface area contributed by atoms with Crippen molar-refractivity contribution in [2.24, 2.45) is 22.5 Å². The van der Waals surface area contributed by atoms with Crippen molar-refractivity contribution in [2.45, 2.75) is 46.5 Å². The standard InChI is InChI=1S/C14H26N2O/c1-13(2,3)11-5-8-16(9-11)12(17)14(10-15)6-4-7-14/h11H,4-10,15H2,1-3H3. The predicted molar refractivity (Wildman–Crippen MR) is 69.5 cm³/mol. The van der Waals surface area contributed by atoms with Crippen molar-refractivity contribution in [1.82, 2.24) is 4.90 Å². The number of nitrogens with zero attached hydrogens (tertiary/aromatic N) is 1. The molecule has 2 aliphatic rings. The van der Waals surface area contributed by atoms with E-state index in [-0.39, 0.29) is 5.41 Å². The average molecular weight is 238 g/mol. The molecule has 3 nitrogen and oxygen atoms in total. The smallest absolute Gasteiger partial charge is 0.230 e. The van der Waals surface area contributed by atoms with Crippen molar-refractivity contribution in [1.29, 1.82) is 0 Å². The Kier molecular flexibility index (Phi) is 3.23. The van der Waals surface area contributed by atoms with Gasteiger partial charge in [-0.25, -0.2) is 0 Å². The van der Waals surface area contributed by atoms with E-state index < -0.39 is 0 Å². The molecule has 2 fully saturated rings. The molecule has 1 aliphatic carbocycles. The van der Waals surface area contributed by atoms with Gasteiger partial charge in [0.1, 0.15) is 0 Å². The number of hydrogen-bond acceptors (Lipinski definition) is 2. The molecule has 1 heterocycles. The second kappa shape index (κ2) is 4.27. The number of likely N-dealkylation sites (tertiary alicyclic amines) is 1. The van der Waals surface area contributed by atoms with Crippen LogP contribution in [0.3, 0.4) is 0 Å². The molecule has 1 atom stereocenters. The first-order valence-electron chi connectivity index (χ1n) is 6.88. The van der Waals surface area contributed by atoms with Crippen molar-refractivity contribution >= 4 is 5.91 Å². The van der Waals surface area contributed by atoms with Gasteiger partial charge in [0, 0.05) is 19.6 Å². The van der Waals surface area contributed by atoms with Crippen LogP contribution in [-0.4, -0.2) is 30.4 Å². The third-order valence-electron chi connectivity index (χ3n) is 4.86. The maximum atomic E-state index is 12.5. The summed E-state index contributed by atoms with van der Waals surface area (Å²) in [5.74, 6) is 0.972. The largest absolute Gasteiger partial charge is 0.342 e. The second-order valence-electron chi connectivity index (χ2n) is 6.94. The SMILES string of the molecule is CC(C)(C)C1CCN(C(=O)C2(CN)CCC2)C1. The Hall–Kier alpha value is -0.570. The predicted octanol–water partition coefficient (Wildman–Crippen LogP) is 2.01. The highest BCUT2D eigenvalue weighted by atomic mass is 16.2. The molecule has 0 bridgehead atoms. The van der Waals surface area contributed by atoms with E-state index in [0.717, 1.165) is 32.4 Å². The molecule has 0 spiro atoms. The maximum absolute atomic E-state index is 12.5. The van der Waals surface area contributed by atoms with E-state index in [9.17, 15) is 4.79 Å². The average Bonchev–Trinajstić information content (AvgIpc) is 2.64. The maximum Gasteiger partial charge on any atom is 0.230 e. The minimum absolute atomic E-state index is 0.188. The summed E-state index contributed by atoms with van der Waals surface area (Å²) in [6, 6.07) is 0. The lowest BCUT2D eigenvalue weighted by atomic mass is 9.68. The number of hydrogen-bond donors (Lipinski definition) is 1. The Morgan fingerprint density at radius 3 is 2.41 bits per heavy atom. The van der Waals surface area contributed by atoms with Crippen molar-refractivity contribution in [3.05, 3.63) is 0 Å². The van der Waals surface area contributed by atoms with Gasteiger partial charge in [0.25, 0.3) is 0 Å². The quantitative estimate of drug-likeness (QED) is 0.800. The van der Waals surface area contributed by atoms with E-state index in [0.29, 0.717) is 23.8 Å². The second-order valence-corrected chi connectivity index (χ2v) is 6.94. The third-order valence-corrected chi connectivity index (χ3v) is 4.86. The highest BCUT2D eigenvalue weighted by Crippen LogP contribution is 2.43. The summed E-state index contributed by atoms with van der Waals surface area (Å²) in [7, 11) is 0. The zero-order valence-corrected chi connectivity index (χ0v) is 11.5. The molecule has 1 saturated heterocycles. The van der Waals surface area contributed by atoms with Gasteiger partial charge in [-0.2, -0.15) is 0 Å². The molecule has 0 aromatic rings. The van der Waals surface area contributed by atoms with Crippen LogP contribution in [0.15, 0.2) is 0 Å². The lowest BCUT2D eigenvalue weighted by Crippen LogP contribution is -2.51. The molecular formula is C14H26N2O. The molecular weight excluding hydrogens is 212 g/mol. The normalized spacial score (nSPS) is 28.0. The summed E-state index contributed by atoms with van der Waals surface area (Å²) in [6.45, 7) is 9.21. The Bertz CT molecular complexity index is 296. The molecule has 3 heteroatoms. The Morgan fingerprint density at radius 2 is 2.06 bits per heavy atom. The van der Waals surface area contributed by atoms with Crippen LogP contribution < -0.4 is 5.73 Å². The number of nitrogens with two attached hydrogens (primary N) is 1. The highest BCUT2D eigenvalue weighted by molar-refractivity contribution is 5.84. The molecule has 2 rings (SSSR count). The fraction of sp³-hybridized carbons (Fsp3) is 0.929. The van der Waals surface area contributed by atoms with Gasteiger partial charge < -0.3 is 10.6 Å². The monoisotopic (exact) mass is 238 g/mol. The first kappa shape index (κ1) is 12.9. The number of carbonyl (C=O) groups excluding carboxylic acids is 1. The van der Waals surface area contributed by atoms with Crippen LogP contribution in [-0.2, 0) is 4.79 Å². The molecule has 1 aliphatic heterocycles. The fourth-order valence-electron chi connectivity index (χ4n) is 3.10. The van der Waals surface area contributed by atoms with Crippen molar-refractivity contribution in [2.75, 3.05) is 19.6 Å². The minimum Gasteiger partial charge on any atom is -0.342 e.